The van der Waals surface area contributed by atoms with Gasteiger partial charge in [-0.25, -0.2) is 4.79 Å². The largest absolute Gasteiger partial charge is 0.446 e. The van der Waals surface area contributed by atoms with E-state index in [-0.39, 0.29) is 23.3 Å². The summed E-state index contributed by atoms with van der Waals surface area (Å²) in [5.41, 5.74) is 2.06. The molecular formula is C32H50Cl2N2O3. The number of halogens is 2. The maximum Gasteiger partial charge on any atom is 0.410 e. The van der Waals surface area contributed by atoms with Gasteiger partial charge in [-0.15, -0.1) is 23.2 Å². The van der Waals surface area contributed by atoms with E-state index in [2.05, 4.69) is 39.1 Å². The van der Waals surface area contributed by atoms with Crippen LogP contribution in [0.2, 0.25) is 0 Å². The highest BCUT2D eigenvalue weighted by Crippen LogP contribution is 2.70. The number of fused-ring (bicyclic) bond motifs is 7. The number of nitrogens with one attached hydrogen (secondary N) is 1. The molecule has 6 rings (SSSR count). The Labute approximate surface area is 246 Å². The maximum atomic E-state index is 12.8. The Bertz CT molecular complexity index is 961. The lowest BCUT2D eigenvalue weighted by atomic mass is 9.47. The van der Waals surface area contributed by atoms with Crippen LogP contribution in [0.4, 0.5) is 4.79 Å². The summed E-state index contributed by atoms with van der Waals surface area (Å²) < 4.78 is 13.1. The van der Waals surface area contributed by atoms with E-state index < -0.39 is 0 Å². The second kappa shape index (κ2) is 10.7. The third-order valence-corrected chi connectivity index (χ3v) is 13.1. The zero-order chi connectivity index (χ0) is 27.6. The lowest BCUT2D eigenvalue weighted by Gasteiger charge is -2.58. The van der Waals surface area contributed by atoms with Crippen LogP contribution < -0.4 is 5.32 Å². The van der Waals surface area contributed by atoms with Crippen molar-refractivity contribution in [2.24, 2.45) is 46.3 Å². The van der Waals surface area contributed by atoms with Crippen LogP contribution >= 0.6 is 23.2 Å². The fraction of sp³-hybridized carbons (Fsp3) is 0.906. The number of hydrogen-bond acceptors (Lipinski definition) is 4. The minimum atomic E-state index is -0.265. The van der Waals surface area contributed by atoms with Crippen molar-refractivity contribution in [2.45, 2.75) is 103 Å². The molecule has 2 heterocycles. The lowest BCUT2D eigenvalue weighted by molar-refractivity contribution is -0.115. The Hall–Kier alpha value is -0.490. The molecule has 0 bridgehead atoms. The Balaban J connectivity index is 1.15. The number of carbonyl (C=O) groups excluding carboxylic acids is 1. The molecule has 5 nitrogen and oxygen atoms in total. The van der Waals surface area contributed by atoms with E-state index in [9.17, 15) is 4.79 Å². The molecule has 1 N–H and O–H groups in total. The number of nitrogens with zero attached hydrogens (tertiary/aromatic N) is 1. The first-order valence-corrected chi connectivity index (χ1v) is 16.9. The SMILES string of the molecule is CC1CCC2(NC1)OC1CC3C4CC=C5CC(OC(=O)N(CCCl)CCCl)CCC5(C)C4CCC3(C)C1C2C. The molecule has 0 aromatic rings. The summed E-state index contributed by atoms with van der Waals surface area (Å²) in [6.07, 6.45) is 13.1. The van der Waals surface area contributed by atoms with Gasteiger partial charge in [0, 0.05) is 43.7 Å². The second-order valence-electron chi connectivity index (χ2n) is 14.5. The Kier molecular flexibility index (Phi) is 7.82. The van der Waals surface area contributed by atoms with Crippen molar-refractivity contribution in [3.63, 3.8) is 0 Å². The molecule has 2 aliphatic heterocycles. The molecule has 4 aliphatic carbocycles. The van der Waals surface area contributed by atoms with E-state index >= 15 is 0 Å². The number of alkyl halides is 2. The molecule has 1 amide bonds. The highest BCUT2D eigenvalue weighted by Gasteiger charge is 2.68. The van der Waals surface area contributed by atoms with Crippen LogP contribution in [0.25, 0.3) is 0 Å². The first kappa shape index (κ1) is 28.6. The van der Waals surface area contributed by atoms with Gasteiger partial charge in [0.1, 0.15) is 11.8 Å². The zero-order valence-electron chi connectivity index (χ0n) is 24.5. The summed E-state index contributed by atoms with van der Waals surface area (Å²) in [5.74, 6) is 5.01. The molecule has 1 spiro atoms. The van der Waals surface area contributed by atoms with Crippen molar-refractivity contribution < 1.29 is 14.3 Å². The van der Waals surface area contributed by atoms with Crippen LogP contribution in [0.3, 0.4) is 0 Å². The number of rotatable bonds is 5. The highest BCUT2D eigenvalue weighted by atomic mass is 35.5. The van der Waals surface area contributed by atoms with Crippen LogP contribution in [0.5, 0.6) is 0 Å². The van der Waals surface area contributed by atoms with Gasteiger partial charge < -0.3 is 14.4 Å². The molecule has 3 saturated carbocycles. The van der Waals surface area contributed by atoms with E-state index in [1.54, 1.807) is 10.5 Å². The second-order valence-corrected chi connectivity index (χ2v) is 15.3. The van der Waals surface area contributed by atoms with Crippen molar-refractivity contribution in [1.82, 2.24) is 10.2 Å². The quantitative estimate of drug-likeness (QED) is 0.275. The molecule has 0 aromatic heterocycles. The number of allylic oxidation sites excluding steroid dienone is 1. The van der Waals surface area contributed by atoms with Crippen molar-refractivity contribution in [3.05, 3.63) is 11.6 Å². The lowest BCUT2D eigenvalue weighted by Crippen LogP contribution is -2.57. The average molecular weight is 582 g/mol. The molecule has 220 valence electrons. The fourth-order valence-corrected chi connectivity index (χ4v) is 11.0. The predicted molar refractivity (Wildman–Crippen MR) is 157 cm³/mol. The molecule has 11 atom stereocenters. The third-order valence-electron chi connectivity index (χ3n) is 12.8. The van der Waals surface area contributed by atoms with Crippen LogP contribution in [-0.2, 0) is 9.47 Å². The summed E-state index contributed by atoms with van der Waals surface area (Å²) >= 11 is 11.8. The predicted octanol–water partition coefficient (Wildman–Crippen LogP) is 7.21. The standard InChI is InChI=1S/C32H50Cl2N2O3/c1-20-7-12-32(35-19-20)21(2)28-27(39-32)18-26-24-6-5-22-17-23(38-29(37)36(15-13-33)16-14-34)8-10-30(22,3)25(24)9-11-31(26,28)4/h5,20-21,23-28,35H,6-19H2,1-4H3. The Morgan fingerprint density at radius 2 is 1.87 bits per heavy atom. The first-order chi connectivity index (χ1) is 18.6. The van der Waals surface area contributed by atoms with Gasteiger partial charge in [-0.3, -0.25) is 5.32 Å². The Morgan fingerprint density at radius 1 is 1.10 bits per heavy atom. The smallest absolute Gasteiger partial charge is 0.410 e. The molecule has 5 fully saturated rings. The maximum absolute atomic E-state index is 12.8. The summed E-state index contributed by atoms with van der Waals surface area (Å²) in [5, 5.41) is 3.89. The van der Waals surface area contributed by atoms with Gasteiger partial charge in [0.25, 0.3) is 0 Å². The summed E-state index contributed by atoms with van der Waals surface area (Å²) in [4.78, 5) is 14.5. The number of amides is 1. The Morgan fingerprint density at radius 3 is 2.56 bits per heavy atom. The van der Waals surface area contributed by atoms with Gasteiger partial charge in [0.2, 0.25) is 0 Å². The topological polar surface area (TPSA) is 50.8 Å². The van der Waals surface area contributed by atoms with Crippen molar-refractivity contribution >= 4 is 29.3 Å². The summed E-state index contributed by atoms with van der Waals surface area (Å²) in [7, 11) is 0. The van der Waals surface area contributed by atoms with Gasteiger partial charge in [0.15, 0.2) is 0 Å². The van der Waals surface area contributed by atoms with Crippen molar-refractivity contribution in [3.8, 4) is 0 Å². The van der Waals surface area contributed by atoms with Crippen molar-refractivity contribution in [2.75, 3.05) is 31.4 Å². The van der Waals surface area contributed by atoms with E-state index in [4.69, 9.17) is 32.7 Å². The number of carbonyl (C=O) groups is 1. The number of hydrogen-bond donors (Lipinski definition) is 1. The molecule has 0 radical (unpaired) electrons. The minimum absolute atomic E-state index is 0.0441. The van der Waals surface area contributed by atoms with Crippen LogP contribution in [-0.4, -0.2) is 60.3 Å². The van der Waals surface area contributed by atoms with Crippen LogP contribution in [0.15, 0.2) is 11.6 Å². The van der Waals surface area contributed by atoms with Gasteiger partial charge in [0.05, 0.1) is 6.10 Å². The average Bonchev–Trinajstić information content (AvgIpc) is 3.36. The van der Waals surface area contributed by atoms with Crippen molar-refractivity contribution in [1.29, 1.82) is 0 Å². The fourth-order valence-electron chi connectivity index (χ4n) is 10.6. The van der Waals surface area contributed by atoms with E-state index in [1.807, 2.05) is 0 Å². The summed E-state index contributed by atoms with van der Waals surface area (Å²) in [6.45, 7) is 12.1. The van der Waals surface area contributed by atoms with Gasteiger partial charge in [-0.2, -0.15) is 0 Å². The summed E-state index contributed by atoms with van der Waals surface area (Å²) in [6, 6.07) is 0. The third kappa shape index (κ3) is 4.59. The molecule has 11 unspecified atom stereocenters. The highest BCUT2D eigenvalue weighted by molar-refractivity contribution is 6.18. The molecular weight excluding hydrogens is 531 g/mol. The number of piperidine rings is 1. The van der Waals surface area contributed by atoms with E-state index in [0.29, 0.717) is 48.2 Å². The van der Waals surface area contributed by atoms with Gasteiger partial charge in [-0.05, 0) is 91.8 Å². The zero-order valence-corrected chi connectivity index (χ0v) is 26.0. The number of ether oxygens (including phenoxy) is 2. The molecule has 6 aliphatic rings. The molecule has 2 saturated heterocycles. The molecule has 39 heavy (non-hydrogen) atoms. The van der Waals surface area contributed by atoms with E-state index in [1.165, 1.54) is 38.5 Å². The van der Waals surface area contributed by atoms with Crippen LogP contribution in [0, 0.1) is 46.3 Å². The normalized spacial score (nSPS) is 48.5. The van der Waals surface area contributed by atoms with Gasteiger partial charge >= 0.3 is 6.09 Å². The molecule has 7 heteroatoms. The first-order valence-electron chi connectivity index (χ1n) is 15.8. The van der Waals surface area contributed by atoms with Crippen LogP contribution in [0.1, 0.15) is 85.5 Å². The monoisotopic (exact) mass is 580 g/mol. The minimum Gasteiger partial charge on any atom is -0.446 e. The van der Waals surface area contributed by atoms with E-state index in [0.717, 1.165) is 49.5 Å². The van der Waals surface area contributed by atoms with Gasteiger partial charge in [-0.1, -0.05) is 39.3 Å². The molecule has 0 aromatic carbocycles.